The minimum atomic E-state index is -0.444. The number of H-pyrrole nitrogens is 1. The maximum absolute atomic E-state index is 11.7. The zero-order valence-electron chi connectivity index (χ0n) is 9.73. The maximum atomic E-state index is 11.7. The van der Waals surface area contributed by atoms with Crippen LogP contribution < -0.4 is 11.1 Å². The van der Waals surface area contributed by atoms with Crippen molar-refractivity contribution in [3.63, 3.8) is 0 Å². The lowest BCUT2D eigenvalue weighted by Crippen LogP contribution is -2.35. The second-order valence-electron chi connectivity index (χ2n) is 4.06. The lowest BCUT2D eigenvalue weighted by atomic mass is 10.1. The number of carbonyl (C=O) groups excluding carboxylic acids is 1. The van der Waals surface area contributed by atoms with Crippen LogP contribution in [0.15, 0.2) is 24.4 Å². The molecule has 2 aromatic rings. The molecule has 1 aromatic heterocycles. The van der Waals surface area contributed by atoms with E-state index >= 15 is 0 Å². The fourth-order valence-corrected chi connectivity index (χ4v) is 1.70. The smallest absolute Gasteiger partial charge is 0.241 e. The lowest BCUT2D eigenvalue weighted by molar-refractivity contribution is -0.117. The first kappa shape index (κ1) is 11.6. The molecule has 1 aromatic carbocycles. The molecule has 0 fully saturated rings. The largest absolute Gasteiger partial charge is 0.325 e. The van der Waals surface area contributed by atoms with E-state index in [0.29, 0.717) is 6.42 Å². The molecule has 4 N–H and O–H groups in total. The maximum Gasteiger partial charge on any atom is 0.241 e. The van der Waals surface area contributed by atoms with E-state index in [4.69, 9.17) is 5.73 Å². The summed E-state index contributed by atoms with van der Waals surface area (Å²) >= 11 is 0. The number of nitrogens with two attached hydrogens (primary N) is 1. The molecule has 1 amide bonds. The van der Waals surface area contributed by atoms with Crippen LogP contribution in [-0.2, 0) is 4.79 Å². The van der Waals surface area contributed by atoms with Gasteiger partial charge in [0.1, 0.15) is 0 Å². The number of benzene rings is 1. The third-order valence-corrected chi connectivity index (χ3v) is 2.64. The van der Waals surface area contributed by atoms with E-state index in [2.05, 4.69) is 15.5 Å². The van der Waals surface area contributed by atoms with Crippen LogP contribution in [0.4, 0.5) is 5.69 Å². The van der Waals surface area contributed by atoms with Crippen molar-refractivity contribution in [3.8, 4) is 0 Å². The van der Waals surface area contributed by atoms with Crippen molar-refractivity contribution in [2.24, 2.45) is 5.73 Å². The van der Waals surface area contributed by atoms with E-state index < -0.39 is 6.04 Å². The summed E-state index contributed by atoms with van der Waals surface area (Å²) in [6.45, 7) is 2.00. The SMILES string of the molecule is CCC[C@H](N)C(=O)Nc1ccc2[nH]ncc2c1. The average Bonchev–Trinajstić information content (AvgIpc) is 2.76. The van der Waals surface area contributed by atoms with Gasteiger partial charge in [0, 0.05) is 11.1 Å². The van der Waals surface area contributed by atoms with Crippen molar-refractivity contribution in [1.29, 1.82) is 0 Å². The number of aromatic amines is 1. The molecule has 0 aliphatic heterocycles. The molecule has 0 aliphatic carbocycles. The van der Waals surface area contributed by atoms with Crippen molar-refractivity contribution >= 4 is 22.5 Å². The second kappa shape index (κ2) is 4.97. The Morgan fingerprint density at radius 1 is 1.59 bits per heavy atom. The van der Waals surface area contributed by atoms with Gasteiger partial charge in [-0.2, -0.15) is 5.10 Å². The fraction of sp³-hybridized carbons (Fsp3) is 0.333. The summed E-state index contributed by atoms with van der Waals surface area (Å²) in [6, 6.07) is 5.13. The van der Waals surface area contributed by atoms with Gasteiger partial charge in [-0.15, -0.1) is 0 Å². The minimum Gasteiger partial charge on any atom is -0.325 e. The Morgan fingerprint density at radius 2 is 2.41 bits per heavy atom. The third kappa shape index (κ3) is 2.62. The Balaban J connectivity index is 2.09. The summed E-state index contributed by atoms with van der Waals surface area (Å²) in [5, 5.41) is 10.5. The molecule has 0 aliphatic rings. The molecule has 5 heteroatoms. The Bertz CT molecular complexity index is 520. The van der Waals surface area contributed by atoms with Gasteiger partial charge < -0.3 is 11.1 Å². The predicted octanol–water partition coefficient (Wildman–Crippen LogP) is 1.63. The number of hydrogen-bond donors (Lipinski definition) is 3. The van der Waals surface area contributed by atoms with Crippen LogP contribution >= 0.6 is 0 Å². The van der Waals surface area contributed by atoms with Gasteiger partial charge in [-0.1, -0.05) is 13.3 Å². The van der Waals surface area contributed by atoms with Gasteiger partial charge >= 0.3 is 0 Å². The summed E-state index contributed by atoms with van der Waals surface area (Å²) in [7, 11) is 0. The summed E-state index contributed by atoms with van der Waals surface area (Å²) in [5.74, 6) is -0.144. The highest BCUT2D eigenvalue weighted by molar-refractivity contribution is 5.96. The number of hydrogen-bond acceptors (Lipinski definition) is 3. The molecule has 1 heterocycles. The minimum absolute atomic E-state index is 0.144. The zero-order valence-corrected chi connectivity index (χ0v) is 9.73. The molecule has 0 saturated carbocycles. The van der Waals surface area contributed by atoms with Gasteiger partial charge in [0.25, 0.3) is 0 Å². The first-order chi connectivity index (χ1) is 8.20. The summed E-state index contributed by atoms with van der Waals surface area (Å²) in [6.07, 6.45) is 3.31. The molecular formula is C12H16N4O. The van der Waals surface area contributed by atoms with E-state index in [1.54, 1.807) is 6.20 Å². The monoisotopic (exact) mass is 232 g/mol. The number of amides is 1. The van der Waals surface area contributed by atoms with E-state index in [9.17, 15) is 4.79 Å². The molecular weight excluding hydrogens is 216 g/mol. The van der Waals surface area contributed by atoms with Crippen LogP contribution in [0.5, 0.6) is 0 Å². The van der Waals surface area contributed by atoms with Crippen LogP contribution in [0.2, 0.25) is 0 Å². The van der Waals surface area contributed by atoms with Crippen molar-refractivity contribution in [2.45, 2.75) is 25.8 Å². The highest BCUT2D eigenvalue weighted by atomic mass is 16.2. The van der Waals surface area contributed by atoms with Crippen LogP contribution in [-0.4, -0.2) is 22.1 Å². The normalized spacial score (nSPS) is 12.6. The molecule has 17 heavy (non-hydrogen) atoms. The number of fused-ring (bicyclic) bond motifs is 1. The highest BCUT2D eigenvalue weighted by Crippen LogP contribution is 2.16. The zero-order chi connectivity index (χ0) is 12.3. The van der Waals surface area contributed by atoms with Gasteiger partial charge in [0.2, 0.25) is 5.91 Å². The Morgan fingerprint density at radius 3 is 3.18 bits per heavy atom. The van der Waals surface area contributed by atoms with Gasteiger partial charge in [-0.25, -0.2) is 0 Å². The molecule has 0 radical (unpaired) electrons. The highest BCUT2D eigenvalue weighted by Gasteiger charge is 2.12. The van der Waals surface area contributed by atoms with E-state index in [1.807, 2.05) is 25.1 Å². The van der Waals surface area contributed by atoms with Gasteiger partial charge in [-0.05, 0) is 24.6 Å². The topological polar surface area (TPSA) is 83.8 Å². The fourth-order valence-electron chi connectivity index (χ4n) is 1.70. The van der Waals surface area contributed by atoms with Crippen molar-refractivity contribution < 1.29 is 4.79 Å². The molecule has 0 saturated heterocycles. The Kier molecular flexibility index (Phi) is 3.39. The van der Waals surface area contributed by atoms with Crippen molar-refractivity contribution in [3.05, 3.63) is 24.4 Å². The van der Waals surface area contributed by atoms with Crippen LogP contribution in [0.1, 0.15) is 19.8 Å². The Hall–Kier alpha value is -1.88. The van der Waals surface area contributed by atoms with Crippen LogP contribution in [0.25, 0.3) is 10.9 Å². The standard InChI is InChI=1S/C12H16N4O/c1-2-3-10(13)12(17)15-9-4-5-11-8(6-9)7-14-16-11/h4-7,10H,2-3,13H2,1H3,(H,14,16)(H,15,17)/t10-/m0/s1. The van der Waals surface area contributed by atoms with E-state index in [0.717, 1.165) is 23.0 Å². The summed E-state index contributed by atoms with van der Waals surface area (Å²) in [5.41, 5.74) is 7.43. The quantitative estimate of drug-likeness (QED) is 0.749. The van der Waals surface area contributed by atoms with Gasteiger partial charge in [0.05, 0.1) is 17.8 Å². The molecule has 0 spiro atoms. The summed E-state index contributed by atoms with van der Waals surface area (Å²) in [4.78, 5) is 11.7. The van der Waals surface area contributed by atoms with Crippen LogP contribution in [0.3, 0.4) is 0 Å². The number of anilines is 1. The lowest BCUT2D eigenvalue weighted by Gasteiger charge is -2.11. The second-order valence-corrected chi connectivity index (χ2v) is 4.06. The Labute approximate surface area is 99.4 Å². The average molecular weight is 232 g/mol. The third-order valence-electron chi connectivity index (χ3n) is 2.64. The molecule has 90 valence electrons. The molecule has 0 unspecified atom stereocenters. The first-order valence-corrected chi connectivity index (χ1v) is 5.70. The molecule has 2 rings (SSSR count). The van der Waals surface area contributed by atoms with Crippen LogP contribution in [0, 0.1) is 0 Å². The number of carbonyl (C=O) groups is 1. The predicted molar refractivity (Wildman–Crippen MR) is 67.6 cm³/mol. The first-order valence-electron chi connectivity index (χ1n) is 5.70. The molecule has 5 nitrogen and oxygen atoms in total. The number of aromatic nitrogens is 2. The van der Waals surface area contributed by atoms with Crippen molar-refractivity contribution in [2.75, 3.05) is 5.32 Å². The number of rotatable bonds is 4. The molecule has 0 bridgehead atoms. The van der Waals surface area contributed by atoms with Gasteiger partial charge in [0.15, 0.2) is 0 Å². The number of nitrogens with zero attached hydrogens (tertiary/aromatic N) is 1. The summed E-state index contributed by atoms with van der Waals surface area (Å²) < 4.78 is 0. The van der Waals surface area contributed by atoms with E-state index in [1.165, 1.54) is 0 Å². The van der Waals surface area contributed by atoms with Gasteiger partial charge in [-0.3, -0.25) is 9.89 Å². The van der Waals surface area contributed by atoms with E-state index in [-0.39, 0.29) is 5.91 Å². The number of nitrogens with one attached hydrogen (secondary N) is 2. The van der Waals surface area contributed by atoms with Crippen molar-refractivity contribution in [1.82, 2.24) is 10.2 Å². The molecule has 1 atom stereocenters.